The molecule has 0 aliphatic heterocycles. The van der Waals surface area contributed by atoms with Crippen molar-refractivity contribution in [1.29, 1.82) is 0 Å². The van der Waals surface area contributed by atoms with E-state index in [9.17, 15) is 9.59 Å². The van der Waals surface area contributed by atoms with E-state index in [0.717, 1.165) is 0 Å². The van der Waals surface area contributed by atoms with E-state index in [4.69, 9.17) is 9.15 Å². The highest BCUT2D eigenvalue weighted by atomic mass is 16.5. The Bertz CT molecular complexity index is 535. The van der Waals surface area contributed by atoms with E-state index in [1.165, 1.54) is 19.4 Å². The number of methoxy groups -OCH3 is 1. The highest BCUT2D eigenvalue weighted by Crippen LogP contribution is 2.10. The molecular weight excluding hydrogens is 212 g/mol. The van der Waals surface area contributed by atoms with Gasteiger partial charge < -0.3 is 19.1 Å². The number of H-pyrrole nitrogens is 2. The van der Waals surface area contributed by atoms with Gasteiger partial charge in [-0.15, -0.1) is 0 Å². The van der Waals surface area contributed by atoms with Gasteiger partial charge in [0, 0.05) is 7.11 Å². The summed E-state index contributed by atoms with van der Waals surface area (Å²) in [6.45, 7) is 0.153. The zero-order valence-electron chi connectivity index (χ0n) is 8.57. The van der Waals surface area contributed by atoms with E-state index >= 15 is 0 Å². The number of imidazole rings is 1. The van der Waals surface area contributed by atoms with Gasteiger partial charge in [0.15, 0.2) is 5.76 Å². The van der Waals surface area contributed by atoms with Crippen LogP contribution in [0.4, 0.5) is 0 Å². The summed E-state index contributed by atoms with van der Waals surface area (Å²) >= 11 is 0. The fourth-order valence-electron chi connectivity index (χ4n) is 1.40. The zero-order chi connectivity index (χ0) is 11.5. The van der Waals surface area contributed by atoms with Crippen LogP contribution in [0.5, 0.6) is 0 Å². The molecule has 84 valence electrons. The van der Waals surface area contributed by atoms with Crippen molar-refractivity contribution in [3.05, 3.63) is 46.0 Å². The fraction of sp³-hybridized carbons (Fsp3) is 0.200. The summed E-state index contributed by atoms with van der Waals surface area (Å²) < 4.78 is 9.84. The second-order valence-corrected chi connectivity index (χ2v) is 3.17. The molecule has 0 saturated carbocycles. The van der Waals surface area contributed by atoms with Crippen molar-refractivity contribution in [3.8, 4) is 0 Å². The molecule has 6 heteroatoms. The molecule has 0 unspecified atom stereocenters. The first-order valence-corrected chi connectivity index (χ1v) is 4.60. The number of aromatic amines is 2. The third kappa shape index (κ3) is 1.82. The van der Waals surface area contributed by atoms with Gasteiger partial charge in [0.25, 0.3) is 0 Å². The van der Waals surface area contributed by atoms with Crippen LogP contribution in [-0.4, -0.2) is 22.9 Å². The minimum atomic E-state index is -0.443. The van der Waals surface area contributed by atoms with Crippen molar-refractivity contribution in [2.24, 2.45) is 0 Å². The van der Waals surface area contributed by atoms with Gasteiger partial charge in [-0.25, -0.2) is 4.79 Å². The largest absolute Gasteiger partial charge is 0.461 e. The first-order chi connectivity index (χ1) is 7.72. The van der Waals surface area contributed by atoms with Gasteiger partial charge in [-0.05, 0) is 12.1 Å². The maximum absolute atomic E-state index is 11.9. The summed E-state index contributed by atoms with van der Waals surface area (Å²) in [6, 6.07) is 3.14. The topological polar surface area (TPSA) is 88.1 Å². The molecule has 2 aromatic rings. The Hall–Kier alpha value is -2.08. The van der Waals surface area contributed by atoms with E-state index in [-0.39, 0.29) is 23.8 Å². The smallest absolute Gasteiger partial charge is 0.323 e. The molecule has 0 spiro atoms. The van der Waals surface area contributed by atoms with Crippen LogP contribution < -0.4 is 5.69 Å². The summed E-state index contributed by atoms with van der Waals surface area (Å²) in [4.78, 5) is 27.9. The lowest BCUT2D eigenvalue weighted by Crippen LogP contribution is -2.06. The van der Waals surface area contributed by atoms with Gasteiger partial charge in [-0.1, -0.05) is 0 Å². The Morgan fingerprint density at radius 1 is 1.50 bits per heavy atom. The Balaban J connectivity index is 2.40. The van der Waals surface area contributed by atoms with Crippen LogP contribution in [0.1, 0.15) is 21.9 Å². The van der Waals surface area contributed by atoms with Crippen LogP contribution in [0.25, 0.3) is 0 Å². The Morgan fingerprint density at radius 3 is 2.94 bits per heavy atom. The molecule has 6 nitrogen and oxygen atoms in total. The monoisotopic (exact) mass is 222 g/mol. The second kappa shape index (κ2) is 4.19. The normalized spacial score (nSPS) is 10.6. The van der Waals surface area contributed by atoms with E-state index in [0.29, 0.717) is 5.69 Å². The number of carbonyl (C=O) groups excluding carboxylic acids is 1. The van der Waals surface area contributed by atoms with Crippen LogP contribution in [0.15, 0.2) is 27.6 Å². The van der Waals surface area contributed by atoms with Crippen LogP contribution in [-0.2, 0) is 11.3 Å². The Kier molecular flexibility index (Phi) is 2.74. The SMILES string of the molecule is COCc1[nH]c(=O)[nH]c1C(=O)c1ccco1. The van der Waals surface area contributed by atoms with E-state index in [1.807, 2.05) is 0 Å². The first kappa shape index (κ1) is 10.4. The molecule has 0 aliphatic carbocycles. The molecule has 0 radical (unpaired) electrons. The zero-order valence-corrected chi connectivity index (χ0v) is 8.57. The van der Waals surface area contributed by atoms with Crippen LogP contribution in [0.2, 0.25) is 0 Å². The maximum atomic E-state index is 11.9. The van der Waals surface area contributed by atoms with Crippen molar-refractivity contribution < 1.29 is 13.9 Å². The van der Waals surface area contributed by atoms with E-state index in [1.54, 1.807) is 6.07 Å². The van der Waals surface area contributed by atoms with Crippen LogP contribution >= 0.6 is 0 Å². The lowest BCUT2D eigenvalue weighted by Gasteiger charge is -1.98. The second-order valence-electron chi connectivity index (χ2n) is 3.17. The van der Waals surface area contributed by atoms with E-state index in [2.05, 4.69) is 9.97 Å². The molecule has 2 N–H and O–H groups in total. The molecule has 0 saturated heterocycles. The minimum Gasteiger partial charge on any atom is -0.461 e. The molecule has 0 amide bonds. The van der Waals surface area contributed by atoms with Crippen LogP contribution in [0.3, 0.4) is 0 Å². The molecule has 2 rings (SSSR count). The number of hydrogen-bond donors (Lipinski definition) is 2. The molecule has 0 aromatic carbocycles. The molecule has 16 heavy (non-hydrogen) atoms. The predicted molar refractivity (Wildman–Crippen MR) is 54.3 cm³/mol. The number of nitrogens with one attached hydrogen (secondary N) is 2. The van der Waals surface area contributed by atoms with Crippen molar-refractivity contribution in [3.63, 3.8) is 0 Å². The standard InChI is InChI=1S/C10H10N2O4/c1-15-5-6-8(12-10(14)11-6)9(13)7-3-2-4-16-7/h2-4H,5H2,1H3,(H2,11,12,14). The third-order valence-electron chi connectivity index (χ3n) is 2.07. The van der Waals surface area contributed by atoms with Gasteiger partial charge in [0.05, 0.1) is 18.6 Å². The quantitative estimate of drug-likeness (QED) is 0.744. The van der Waals surface area contributed by atoms with Crippen molar-refractivity contribution in [2.45, 2.75) is 6.61 Å². The maximum Gasteiger partial charge on any atom is 0.323 e. The van der Waals surface area contributed by atoms with Gasteiger partial charge in [0.2, 0.25) is 5.78 Å². The van der Waals surface area contributed by atoms with Gasteiger partial charge in [0.1, 0.15) is 5.69 Å². The summed E-state index contributed by atoms with van der Waals surface area (Å²) in [5, 5.41) is 0. The van der Waals surface area contributed by atoms with Crippen molar-refractivity contribution in [2.75, 3.05) is 7.11 Å². The average Bonchev–Trinajstić information content (AvgIpc) is 2.87. The van der Waals surface area contributed by atoms with E-state index < -0.39 is 5.69 Å². The molecule has 2 heterocycles. The highest BCUT2D eigenvalue weighted by Gasteiger charge is 2.18. The number of rotatable bonds is 4. The van der Waals surface area contributed by atoms with Gasteiger partial charge in [-0.3, -0.25) is 4.79 Å². The Labute approximate surface area is 90.2 Å². The molecule has 0 fully saturated rings. The lowest BCUT2D eigenvalue weighted by molar-refractivity contribution is 0.0999. The summed E-state index contributed by atoms with van der Waals surface area (Å²) in [7, 11) is 1.48. The molecule has 0 atom stereocenters. The fourth-order valence-corrected chi connectivity index (χ4v) is 1.40. The predicted octanol–water partition coefficient (Wildman–Crippen LogP) is 0.673. The van der Waals surface area contributed by atoms with Crippen LogP contribution in [0, 0.1) is 0 Å². The minimum absolute atomic E-state index is 0.153. The summed E-state index contributed by atoms with van der Waals surface area (Å²) in [6.07, 6.45) is 1.40. The average molecular weight is 222 g/mol. The summed E-state index contributed by atoms with van der Waals surface area (Å²) in [5.74, 6) is -0.206. The number of furan rings is 1. The Morgan fingerprint density at radius 2 is 2.31 bits per heavy atom. The summed E-state index contributed by atoms with van der Waals surface area (Å²) in [5.41, 5.74) is 0.137. The highest BCUT2D eigenvalue weighted by molar-refractivity contribution is 6.06. The number of ether oxygens (including phenoxy) is 1. The molecular formula is C10H10N2O4. The molecule has 0 aliphatic rings. The number of aromatic nitrogens is 2. The van der Waals surface area contributed by atoms with Gasteiger partial charge >= 0.3 is 5.69 Å². The number of ketones is 1. The van der Waals surface area contributed by atoms with Gasteiger partial charge in [-0.2, -0.15) is 0 Å². The molecule has 0 bridgehead atoms. The van der Waals surface area contributed by atoms with Crippen molar-refractivity contribution >= 4 is 5.78 Å². The number of carbonyl (C=O) groups is 1. The molecule has 2 aromatic heterocycles. The third-order valence-corrected chi connectivity index (χ3v) is 2.07. The van der Waals surface area contributed by atoms with Crippen molar-refractivity contribution in [1.82, 2.24) is 9.97 Å². The first-order valence-electron chi connectivity index (χ1n) is 4.60. The lowest BCUT2D eigenvalue weighted by atomic mass is 10.2. The number of hydrogen-bond acceptors (Lipinski definition) is 4.